The van der Waals surface area contributed by atoms with E-state index in [9.17, 15) is 9.59 Å². The molecule has 1 atom stereocenters. The van der Waals surface area contributed by atoms with E-state index in [0.29, 0.717) is 13.0 Å². The molecule has 1 saturated carbocycles. The van der Waals surface area contributed by atoms with Crippen LogP contribution in [0.2, 0.25) is 0 Å². The van der Waals surface area contributed by atoms with Gasteiger partial charge in [-0.25, -0.2) is 4.98 Å². The standard InChI is InChI=1S/C21H28N4O2S/c1-3-21(2,20(27)24-16-8-5-4-6-9-16)25(15-17-10-7-13-28-17)19(26)18-14-22-11-12-23-18/h7,10-14,16H,3-6,8-9,15H2,1-2H3,(H,24,27)/t21-/m0/s1. The highest BCUT2D eigenvalue weighted by Crippen LogP contribution is 2.27. The summed E-state index contributed by atoms with van der Waals surface area (Å²) in [5, 5.41) is 5.19. The Labute approximate surface area is 170 Å². The minimum absolute atomic E-state index is 0.0873. The summed E-state index contributed by atoms with van der Waals surface area (Å²) >= 11 is 1.58. The van der Waals surface area contributed by atoms with Gasteiger partial charge in [0.1, 0.15) is 11.2 Å². The van der Waals surface area contributed by atoms with Gasteiger partial charge in [0.15, 0.2) is 0 Å². The minimum Gasteiger partial charge on any atom is -0.351 e. The van der Waals surface area contributed by atoms with E-state index in [2.05, 4.69) is 15.3 Å². The van der Waals surface area contributed by atoms with Crippen molar-refractivity contribution in [3.63, 3.8) is 0 Å². The van der Waals surface area contributed by atoms with Crippen molar-refractivity contribution < 1.29 is 9.59 Å². The maximum absolute atomic E-state index is 13.3. The maximum atomic E-state index is 13.3. The van der Waals surface area contributed by atoms with Gasteiger partial charge >= 0.3 is 0 Å². The summed E-state index contributed by atoms with van der Waals surface area (Å²) in [5.41, 5.74) is -0.708. The summed E-state index contributed by atoms with van der Waals surface area (Å²) in [6.45, 7) is 4.17. The van der Waals surface area contributed by atoms with Crippen LogP contribution in [0.4, 0.5) is 0 Å². The number of carbonyl (C=O) groups is 2. The molecule has 0 unspecified atom stereocenters. The number of hydrogen-bond donors (Lipinski definition) is 1. The first-order valence-electron chi connectivity index (χ1n) is 9.96. The Bertz CT molecular complexity index is 775. The topological polar surface area (TPSA) is 75.2 Å². The SMILES string of the molecule is CC[C@@](C)(C(=O)NC1CCCCC1)N(Cc1cccs1)C(=O)c1cnccn1. The Hall–Kier alpha value is -2.28. The van der Waals surface area contributed by atoms with Crippen LogP contribution in [0.3, 0.4) is 0 Å². The minimum atomic E-state index is -0.962. The number of nitrogens with one attached hydrogen (secondary N) is 1. The first kappa shape index (κ1) is 20.5. The molecule has 1 fully saturated rings. The lowest BCUT2D eigenvalue weighted by molar-refractivity contribution is -0.132. The monoisotopic (exact) mass is 400 g/mol. The van der Waals surface area contributed by atoms with E-state index in [1.165, 1.54) is 25.0 Å². The van der Waals surface area contributed by atoms with Crippen LogP contribution in [0.25, 0.3) is 0 Å². The Morgan fingerprint density at radius 3 is 2.68 bits per heavy atom. The molecule has 150 valence electrons. The molecule has 28 heavy (non-hydrogen) atoms. The molecule has 0 bridgehead atoms. The van der Waals surface area contributed by atoms with E-state index in [4.69, 9.17) is 0 Å². The molecule has 0 aliphatic heterocycles. The van der Waals surface area contributed by atoms with Gasteiger partial charge in [0.05, 0.1) is 12.7 Å². The predicted octanol–water partition coefficient (Wildman–Crippen LogP) is 3.80. The van der Waals surface area contributed by atoms with Crippen molar-refractivity contribution in [1.82, 2.24) is 20.2 Å². The van der Waals surface area contributed by atoms with E-state index in [0.717, 1.165) is 30.6 Å². The zero-order valence-corrected chi connectivity index (χ0v) is 17.4. The van der Waals surface area contributed by atoms with Crippen LogP contribution in [0.15, 0.2) is 36.1 Å². The Morgan fingerprint density at radius 2 is 2.07 bits per heavy atom. The third kappa shape index (κ3) is 4.58. The van der Waals surface area contributed by atoms with E-state index in [1.807, 2.05) is 31.4 Å². The predicted molar refractivity (Wildman–Crippen MR) is 110 cm³/mol. The lowest BCUT2D eigenvalue weighted by Crippen LogP contribution is -2.60. The summed E-state index contributed by atoms with van der Waals surface area (Å²) in [6, 6.07) is 4.13. The number of amides is 2. The molecule has 2 amide bonds. The highest BCUT2D eigenvalue weighted by molar-refractivity contribution is 7.09. The number of carbonyl (C=O) groups excluding carboxylic acids is 2. The largest absolute Gasteiger partial charge is 0.351 e. The first-order chi connectivity index (χ1) is 13.5. The second-order valence-electron chi connectivity index (χ2n) is 7.50. The molecule has 1 aliphatic rings. The molecule has 0 aromatic carbocycles. The summed E-state index contributed by atoms with van der Waals surface area (Å²) in [4.78, 5) is 37.5. The van der Waals surface area contributed by atoms with Crippen LogP contribution in [0, 0.1) is 0 Å². The molecule has 0 saturated heterocycles. The lowest BCUT2D eigenvalue weighted by Gasteiger charge is -2.40. The van der Waals surface area contributed by atoms with Crippen molar-refractivity contribution in [2.24, 2.45) is 0 Å². The van der Waals surface area contributed by atoms with E-state index >= 15 is 0 Å². The Balaban J connectivity index is 1.88. The number of nitrogens with zero attached hydrogens (tertiary/aromatic N) is 3. The van der Waals surface area contributed by atoms with Crippen molar-refractivity contribution in [2.75, 3.05) is 0 Å². The number of rotatable bonds is 7. The van der Waals surface area contributed by atoms with Crippen molar-refractivity contribution in [3.8, 4) is 0 Å². The molecule has 7 heteroatoms. The summed E-state index contributed by atoms with van der Waals surface area (Å²) < 4.78 is 0. The van der Waals surface area contributed by atoms with Gasteiger partial charge in [-0.15, -0.1) is 11.3 Å². The second kappa shape index (κ2) is 9.28. The average molecular weight is 401 g/mol. The van der Waals surface area contributed by atoms with Crippen LogP contribution < -0.4 is 5.32 Å². The van der Waals surface area contributed by atoms with E-state index in [1.54, 1.807) is 16.2 Å². The van der Waals surface area contributed by atoms with Gasteiger partial charge in [-0.3, -0.25) is 14.6 Å². The quantitative estimate of drug-likeness (QED) is 0.767. The summed E-state index contributed by atoms with van der Waals surface area (Å²) in [6.07, 6.45) is 10.5. The summed E-state index contributed by atoms with van der Waals surface area (Å²) in [7, 11) is 0. The zero-order valence-electron chi connectivity index (χ0n) is 16.6. The van der Waals surface area contributed by atoms with Crippen molar-refractivity contribution in [3.05, 3.63) is 46.7 Å². The van der Waals surface area contributed by atoms with Crippen LogP contribution >= 0.6 is 11.3 Å². The molecular weight excluding hydrogens is 372 g/mol. The fraction of sp³-hybridized carbons (Fsp3) is 0.524. The molecule has 0 spiro atoms. The zero-order chi connectivity index (χ0) is 20.0. The van der Waals surface area contributed by atoms with Crippen molar-refractivity contribution >= 4 is 23.2 Å². The van der Waals surface area contributed by atoms with Crippen molar-refractivity contribution in [1.29, 1.82) is 0 Å². The molecule has 6 nitrogen and oxygen atoms in total. The van der Waals surface area contributed by atoms with Crippen LogP contribution in [0.1, 0.15) is 67.7 Å². The number of thiophene rings is 1. The maximum Gasteiger partial charge on any atom is 0.275 e. The molecule has 3 rings (SSSR count). The Morgan fingerprint density at radius 1 is 1.29 bits per heavy atom. The molecule has 2 aromatic rings. The van der Waals surface area contributed by atoms with Gasteiger partial charge in [0.25, 0.3) is 5.91 Å². The average Bonchev–Trinajstić information content (AvgIpc) is 3.25. The third-order valence-corrected chi connectivity index (χ3v) is 6.50. The molecule has 1 N–H and O–H groups in total. The van der Waals surface area contributed by atoms with Crippen LogP contribution in [-0.2, 0) is 11.3 Å². The lowest BCUT2D eigenvalue weighted by atomic mass is 9.91. The fourth-order valence-electron chi connectivity index (χ4n) is 3.64. The highest BCUT2D eigenvalue weighted by atomic mass is 32.1. The van der Waals surface area contributed by atoms with Gasteiger partial charge < -0.3 is 10.2 Å². The molecule has 1 aliphatic carbocycles. The number of aromatic nitrogens is 2. The third-order valence-electron chi connectivity index (χ3n) is 5.64. The van der Waals surface area contributed by atoms with E-state index in [-0.39, 0.29) is 23.6 Å². The fourth-order valence-corrected chi connectivity index (χ4v) is 4.33. The van der Waals surface area contributed by atoms with Gasteiger partial charge in [-0.2, -0.15) is 0 Å². The van der Waals surface area contributed by atoms with Crippen LogP contribution in [0.5, 0.6) is 0 Å². The number of hydrogen-bond acceptors (Lipinski definition) is 5. The first-order valence-corrected chi connectivity index (χ1v) is 10.8. The smallest absolute Gasteiger partial charge is 0.275 e. The second-order valence-corrected chi connectivity index (χ2v) is 8.53. The van der Waals surface area contributed by atoms with Gasteiger partial charge in [-0.1, -0.05) is 32.3 Å². The normalized spacial score (nSPS) is 16.9. The van der Waals surface area contributed by atoms with E-state index < -0.39 is 5.54 Å². The summed E-state index contributed by atoms with van der Waals surface area (Å²) in [5.74, 6) is -0.361. The molecule has 0 radical (unpaired) electrons. The van der Waals surface area contributed by atoms with Crippen molar-refractivity contribution in [2.45, 2.75) is 70.5 Å². The highest BCUT2D eigenvalue weighted by Gasteiger charge is 2.42. The Kier molecular flexibility index (Phi) is 6.78. The molecule has 2 heterocycles. The van der Waals surface area contributed by atoms with Gasteiger partial charge in [0, 0.05) is 23.3 Å². The van der Waals surface area contributed by atoms with Gasteiger partial charge in [-0.05, 0) is 37.6 Å². The van der Waals surface area contributed by atoms with Gasteiger partial charge in [0.2, 0.25) is 5.91 Å². The molecular formula is C21H28N4O2S. The van der Waals surface area contributed by atoms with Crippen LogP contribution in [-0.4, -0.2) is 38.3 Å². The molecule has 2 aromatic heterocycles.